The standard InChI is InChI=1S/C12H10BrFN6/c1-15-12-18-10(7-5-16-20-11(7)19-12)17-9-3-2-6(14)4-8(9)13/h2-5H,1H3,(H3,15,16,17,18,19,20). The summed E-state index contributed by atoms with van der Waals surface area (Å²) in [7, 11) is 1.73. The van der Waals surface area contributed by atoms with Gasteiger partial charge in [-0.3, -0.25) is 5.10 Å². The van der Waals surface area contributed by atoms with Gasteiger partial charge in [0.1, 0.15) is 11.6 Å². The van der Waals surface area contributed by atoms with Crippen molar-refractivity contribution in [1.29, 1.82) is 0 Å². The molecule has 0 aliphatic carbocycles. The van der Waals surface area contributed by atoms with Crippen molar-refractivity contribution in [2.75, 3.05) is 17.7 Å². The molecule has 0 radical (unpaired) electrons. The fourth-order valence-corrected chi connectivity index (χ4v) is 2.21. The Morgan fingerprint density at radius 3 is 2.90 bits per heavy atom. The SMILES string of the molecule is CNc1nc(Nc2ccc(F)cc2Br)c2cn[nH]c2n1. The number of rotatable bonds is 3. The summed E-state index contributed by atoms with van der Waals surface area (Å²) in [6.07, 6.45) is 1.63. The lowest BCUT2D eigenvalue weighted by molar-refractivity contribution is 0.627. The highest BCUT2D eigenvalue weighted by Crippen LogP contribution is 2.29. The lowest BCUT2D eigenvalue weighted by atomic mass is 10.3. The van der Waals surface area contributed by atoms with Gasteiger partial charge in [0.15, 0.2) is 5.65 Å². The normalized spacial score (nSPS) is 10.8. The molecule has 0 fully saturated rings. The van der Waals surface area contributed by atoms with Crippen LogP contribution < -0.4 is 10.6 Å². The first-order valence-corrected chi connectivity index (χ1v) is 6.57. The van der Waals surface area contributed by atoms with Crippen molar-refractivity contribution >= 4 is 44.4 Å². The summed E-state index contributed by atoms with van der Waals surface area (Å²) < 4.78 is 13.7. The van der Waals surface area contributed by atoms with Crippen molar-refractivity contribution in [1.82, 2.24) is 20.2 Å². The predicted molar refractivity (Wildman–Crippen MR) is 78.6 cm³/mol. The van der Waals surface area contributed by atoms with Gasteiger partial charge in [-0.25, -0.2) is 4.39 Å². The van der Waals surface area contributed by atoms with Crippen LogP contribution in [0, 0.1) is 5.82 Å². The number of hydrogen-bond acceptors (Lipinski definition) is 5. The Labute approximate surface area is 122 Å². The molecular weight excluding hydrogens is 327 g/mol. The summed E-state index contributed by atoms with van der Waals surface area (Å²) in [5, 5.41) is 13.5. The second-order valence-electron chi connectivity index (χ2n) is 4.03. The number of nitrogens with one attached hydrogen (secondary N) is 3. The molecule has 2 heterocycles. The molecule has 6 nitrogen and oxygen atoms in total. The third-order valence-corrected chi connectivity index (χ3v) is 3.37. The molecule has 1 aromatic carbocycles. The molecule has 20 heavy (non-hydrogen) atoms. The minimum atomic E-state index is -0.311. The maximum absolute atomic E-state index is 13.1. The lowest BCUT2D eigenvalue weighted by Crippen LogP contribution is -2.01. The van der Waals surface area contributed by atoms with E-state index >= 15 is 0 Å². The maximum atomic E-state index is 13.1. The minimum absolute atomic E-state index is 0.311. The van der Waals surface area contributed by atoms with E-state index in [9.17, 15) is 4.39 Å². The highest BCUT2D eigenvalue weighted by molar-refractivity contribution is 9.10. The average molecular weight is 337 g/mol. The second-order valence-corrected chi connectivity index (χ2v) is 4.88. The molecule has 0 saturated heterocycles. The zero-order valence-electron chi connectivity index (χ0n) is 10.4. The van der Waals surface area contributed by atoms with E-state index in [4.69, 9.17) is 0 Å². The van der Waals surface area contributed by atoms with Gasteiger partial charge in [0, 0.05) is 11.5 Å². The van der Waals surface area contributed by atoms with Crippen LogP contribution in [0.15, 0.2) is 28.9 Å². The highest BCUT2D eigenvalue weighted by Gasteiger charge is 2.10. The average Bonchev–Trinajstić information content (AvgIpc) is 2.90. The molecule has 3 rings (SSSR count). The van der Waals surface area contributed by atoms with Gasteiger partial charge in [-0.15, -0.1) is 0 Å². The summed E-state index contributed by atoms with van der Waals surface area (Å²) in [5.74, 6) is 0.734. The van der Waals surface area contributed by atoms with Gasteiger partial charge in [-0.1, -0.05) is 0 Å². The third-order valence-electron chi connectivity index (χ3n) is 2.72. The molecule has 0 atom stereocenters. The van der Waals surface area contributed by atoms with Crippen molar-refractivity contribution in [2.24, 2.45) is 0 Å². The van der Waals surface area contributed by atoms with E-state index in [1.54, 1.807) is 19.3 Å². The molecule has 3 N–H and O–H groups in total. The van der Waals surface area contributed by atoms with E-state index in [0.29, 0.717) is 27.6 Å². The van der Waals surface area contributed by atoms with Gasteiger partial charge in [-0.2, -0.15) is 15.1 Å². The van der Waals surface area contributed by atoms with E-state index < -0.39 is 0 Å². The van der Waals surface area contributed by atoms with Crippen LogP contribution in [-0.2, 0) is 0 Å². The first-order valence-electron chi connectivity index (χ1n) is 5.78. The van der Waals surface area contributed by atoms with Crippen LogP contribution in [0.1, 0.15) is 0 Å². The van der Waals surface area contributed by atoms with Crippen molar-refractivity contribution in [3.05, 3.63) is 34.7 Å². The maximum Gasteiger partial charge on any atom is 0.226 e. The van der Waals surface area contributed by atoms with Gasteiger partial charge in [0.25, 0.3) is 0 Å². The molecule has 3 aromatic rings. The fraction of sp³-hybridized carbons (Fsp3) is 0.0833. The quantitative estimate of drug-likeness (QED) is 0.685. The highest BCUT2D eigenvalue weighted by atomic mass is 79.9. The van der Waals surface area contributed by atoms with Crippen LogP contribution in [0.25, 0.3) is 11.0 Å². The van der Waals surface area contributed by atoms with E-state index in [-0.39, 0.29) is 5.82 Å². The van der Waals surface area contributed by atoms with Crippen molar-refractivity contribution in [2.45, 2.75) is 0 Å². The van der Waals surface area contributed by atoms with Crippen LogP contribution in [0.2, 0.25) is 0 Å². The molecule has 0 spiro atoms. The van der Waals surface area contributed by atoms with Gasteiger partial charge in [-0.05, 0) is 34.1 Å². The first-order chi connectivity index (χ1) is 9.67. The van der Waals surface area contributed by atoms with Gasteiger partial charge in [0.05, 0.1) is 17.3 Å². The number of anilines is 3. The van der Waals surface area contributed by atoms with Crippen LogP contribution in [0.4, 0.5) is 21.8 Å². The topological polar surface area (TPSA) is 78.5 Å². The number of H-pyrrole nitrogens is 1. The Balaban J connectivity index is 2.07. The number of fused-ring (bicyclic) bond motifs is 1. The number of halogens is 2. The van der Waals surface area contributed by atoms with E-state index in [2.05, 4.69) is 46.7 Å². The molecule has 8 heteroatoms. The van der Waals surface area contributed by atoms with Gasteiger partial charge >= 0.3 is 0 Å². The summed E-state index contributed by atoms with van der Waals surface area (Å²) in [6, 6.07) is 4.39. The van der Waals surface area contributed by atoms with E-state index in [1.165, 1.54) is 12.1 Å². The molecule has 2 aromatic heterocycles. The summed E-state index contributed by atoms with van der Waals surface area (Å²) in [5.41, 5.74) is 1.32. The van der Waals surface area contributed by atoms with Crippen molar-refractivity contribution < 1.29 is 4.39 Å². The minimum Gasteiger partial charge on any atom is -0.357 e. The largest absolute Gasteiger partial charge is 0.357 e. The number of benzene rings is 1. The van der Waals surface area contributed by atoms with E-state index in [1.807, 2.05) is 0 Å². The fourth-order valence-electron chi connectivity index (χ4n) is 1.76. The Bertz CT molecular complexity index is 772. The number of hydrogen-bond donors (Lipinski definition) is 3. The molecule has 0 bridgehead atoms. The van der Waals surface area contributed by atoms with Crippen LogP contribution in [-0.4, -0.2) is 27.2 Å². The summed E-state index contributed by atoms with van der Waals surface area (Å²) in [6.45, 7) is 0. The van der Waals surface area contributed by atoms with Gasteiger partial charge < -0.3 is 10.6 Å². The Morgan fingerprint density at radius 1 is 1.30 bits per heavy atom. The molecule has 0 unspecified atom stereocenters. The van der Waals surface area contributed by atoms with E-state index in [0.717, 1.165) is 5.39 Å². The molecule has 0 aliphatic heterocycles. The molecule has 0 amide bonds. The third kappa shape index (κ3) is 2.29. The molecule has 102 valence electrons. The predicted octanol–water partition coefficient (Wildman–Crippen LogP) is 3.04. The zero-order chi connectivity index (χ0) is 14.1. The Morgan fingerprint density at radius 2 is 2.15 bits per heavy atom. The van der Waals surface area contributed by atoms with Crippen LogP contribution in [0.3, 0.4) is 0 Å². The van der Waals surface area contributed by atoms with Crippen molar-refractivity contribution in [3.8, 4) is 0 Å². The zero-order valence-corrected chi connectivity index (χ0v) is 12.0. The second kappa shape index (κ2) is 5.04. The smallest absolute Gasteiger partial charge is 0.226 e. The number of aromatic nitrogens is 4. The molecule has 0 aliphatic rings. The summed E-state index contributed by atoms with van der Waals surface area (Å²) in [4.78, 5) is 8.58. The molecular formula is C12H10BrFN6. The Hall–Kier alpha value is -2.22. The lowest BCUT2D eigenvalue weighted by Gasteiger charge is -2.09. The summed E-state index contributed by atoms with van der Waals surface area (Å²) >= 11 is 3.31. The van der Waals surface area contributed by atoms with Crippen LogP contribution >= 0.6 is 15.9 Å². The number of aromatic amines is 1. The van der Waals surface area contributed by atoms with Gasteiger partial charge in [0.2, 0.25) is 5.95 Å². The first kappa shape index (κ1) is 12.8. The monoisotopic (exact) mass is 336 g/mol. The van der Waals surface area contributed by atoms with Crippen molar-refractivity contribution in [3.63, 3.8) is 0 Å². The number of nitrogens with zero attached hydrogens (tertiary/aromatic N) is 3. The van der Waals surface area contributed by atoms with Crippen LogP contribution in [0.5, 0.6) is 0 Å². The molecule has 0 saturated carbocycles. The Kier molecular flexibility index (Phi) is 3.23.